The van der Waals surface area contributed by atoms with Crippen LogP contribution in [0.1, 0.15) is 23.6 Å². The lowest BCUT2D eigenvalue weighted by atomic mass is 10.1. The van der Waals surface area contributed by atoms with Crippen molar-refractivity contribution in [2.45, 2.75) is 26.8 Å². The molecule has 0 aromatic heterocycles. The summed E-state index contributed by atoms with van der Waals surface area (Å²) in [6, 6.07) is 11.3. The molecule has 128 valence electrons. The van der Waals surface area contributed by atoms with Gasteiger partial charge in [-0.3, -0.25) is 0 Å². The molecule has 0 fully saturated rings. The summed E-state index contributed by atoms with van der Waals surface area (Å²) in [5, 5.41) is 5.81. The van der Waals surface area contributed by atoms with E-state index in [0.29, 0.717) is 18.0 Å². The number of amides is 2. The molecule has 0 atom stereocenters. The van der Waals surface area contributed by atoms with Gasteiger partial charge in [-0.15, -0.1) is 0 Å². The number of carbonyl (C=O) groups is 1. The Bertz CT molecular complexity index is 714. The largest absolute Gasteiger partial charge is 0.493 e. The lowest BCUT2D eigenvalue weighted by Crippen LogP contribution is -2.29. The molecule has 2 N–H and O–H groups in total. The molecule has 24 heavy (non-hydrogen) atoms. The van der Waals surface area contributed by atoms with E-state index >= 15 is 0 Å². The van der Waals surface area contributed by atoms with Crippen molar-refractivity contribution in [3.63, 3.8) is 0 Å². The predicted octanol–water partition coefficient (Wildman–Crippen LogP) is 3.90. The van der Waals surface area contributed by atoms with Crippen LogP contribution in [0.4, 0.5) is 10.5 Å². The summed E-state index contributed by atoms with van der Waals surface area (Å²) in [6.07, 6.45) is 0.862. The minimum atomic E-state index is -0.246. The Morgan fingerprint density at radius 3 is 2.42 bits per heavy atom. The second kappa shape index (κ2) is 8.24. The molecule has 0 saturated heterocycles. The molecule has 0 bridgehead atoms. The van der Waals surface area contributed by atoms with Crippen molar-refractivity contribution in [2.24, 2.45) is 0 Å². The van der Waals surface area contributed by atoms with Gasteiger partial charge in [-0.2, -0.15) is 0 Å². The summed E-state index contributed by atoms with van der Waals surface area (Å²) in [4.78, 5) is 12.3. The van der Waals surface area contributed by atoms with Gasteiger partial charge in [0.1, 0.15) is 0 Å². The highest BCUT2D eigenvalue weighted by molar-refractivity contribution is 5.91. The number of benzene rings is 2. The zero-order chi connectivity index (χ0) is 17.5. The molecule has 0 radical (unpaired) electrons. The van der Waals surface area contributed by atoms with Crippen molar-refractivity contribution in [1.29, 1.82) is 0 Å². The zero-order valence-electron chi connectivity index (χ0n) is 14.6. The molecule has 2 amide bonds. The molecule has 0 unspecified atom stereocenters. The van der Waals surface area contributed by atoms with E-state index in [0.717, 1.165) is 28.8 Å². The van der Waals surface area contributed by atoms with Crippen molar-refractivity contribution in [2.75, 3.05) is 19.5 Å². The Morgan fingerprint density at radius 1 is 1.04 bits per heavy atom. The molecule has 0 aliphatic rings. The van der Waals surface area contributed by atoms with Crippen LogP contribution < -0.4 is 20.1 Å². The molecule has 0 aliphatic heterocycles. The Hall–Kier alpha value is -2.69. The molecule has 5 heteroatoms. The van der Waals surface area contributed by atoms with E-state index in [2.05, 4.69) is 17.6 Å². The fraction of sp³-hybridized carbons (Fsp3) is 0.316. The van der Waals surface area contributed by atoms with Crippen LogP contribution in [-0.2, 0) is 13.0 Å². The van der Waals surface area contributed by atoms with Crippen molar-refractivity contribution in [1.82, 2.24) is 5.32 Å². The smallest absolute Gasteiger partial charge is 0.319 e. The maximum absolute atomic E-state index is 12.3. The molecular weight excluding hydrogens is 304 g/mol. The molecule has 0 heterocycles. The highest BCUT2D eigenvalue weighted by Crippen LogP contribution is 2.30. The van der Waals surface area contributed by atoms with Crippen molar-refractivity contribution < 1.29 is 14.3 Å². The van der Waals surface area contributed by atoms with Crippen LogP contribution in [0.25, 0.3) is 0 Å². The van der Waals surface area contributed by atoms with E-state index in [-0.39, 0.29) is 6.03 Å². The van der Waals surface area contributed by atoms with E-state index in [9.17, 15) is 4.79 Å². The summed E-state index contributed by atoms with van der Waals surface area (Å²) in [7, 11) is 3.18. The SMILES string of the molecule is CCc1cccc(C)c1NC(=O)NCc1cccc(OC)c1OC. The van der Waals surface area contributed by atoms with E-state index in [4.69, 9.17) is 9.47 Å². The summed E-state index contributed by atoms with van der Waals surface area (Å²) in [6.45, 7) is 4.40. The molecule has 0 saturated carbocycles. The molecule has 2 aromatic carbocycles. The first kappa shape index (κ1) is 17.7. The number of carbonyl (C=O) groups excluding carboxylic acids is 1. The number of para-hydroxylation sites is 2. The fourth-order valence-corrected chi connectivity index (χ4v) is 2.63. The van der Waals surface area contributed by atoms with Crippen LogP contribution >= 0.6 is 0 Å². The fourth-order valence-electron chi connectivity index (χ4n) is 2.63. The normalized spacial score (nSPS) is 10.2. The number of rotatable bonds is 6. The van der Waals surface area contributed by atoms with Gasteiger partial charge >= 0.3 is 6.03 Å². The van der Waals surface area contributed by atoms with Crippen LogP contribution in [0.2, 0.25) is 0 Å². The van der Waals surface area contributed by atoms with Gasteiger partial charge in [0.05, 0.1) is 14.2 Å². The quantitative estimate of drug-likeness (QED) is 0.845. The Balaban J connectivity index is 2.07. The summed E-state index contributed by atoms with van der Waals surface area (Å²) in [5.41, 5.74) is 3.88. The van der Waals surface area contributed by atoms with Gasteiger partial charge in [0.25, 0.3) is 0 Å². The molecule has 0 spiro atoms. The number of anilines is 1. The van der Waals surface area contributed by atoms with Gasteiger partial charge in [0, 0.05) is 17.8 Å². The van der Waals surface area contributed by atoms with E-state index < -0.39 is 0 Å². The number of hydrogen-bond acceptors (Lipinski definition) is 3. The van der Waals surface area contributed by atoms with Gasteiger partial charge < -0.3 is 20.1 Å². The van der Waals surface area contributed by atoms with Crippen molar-refractivity contribution in [3.05, 3.63) is 53.1 Å². The zero-order valence-corrected chi connectivity index (χ0v) is 14.6. The third kappa shape index (κ3) is 3.98. The standard InChI is InChI=1S/C19H24N2O3/c1-5-14-9-6-8-13(2)17(14)21-19(22)20-12-15-10-7-11-16(23-3)18(15)24-4/h6-11H,5,12H2,1-4H3,(H2,20,21,22). The van der Waals surface area contributed by atoms with Crippen LogP contribution in [-0.4, -0.2) is 20.3 Å². The monoisotopic (exact) mass is 328 g/mol. The summed E-state index contributed by atoms with van der Waals surface area (Å²) < 4.78 is 10.6. The second-order valence-corrected chi connectivity index (χ2v) is 5.42. The second-order valence-electron chi connectivity index (χ2n) is 5.42. The first-order valence-corrected chi connectivity index (χ1v) is 7.93. The lowest BCUT2D eigenvalue weighted by molar-refractivity contribution is 0.251. The average molecular weight is 328 g/mol. The van der Waals surface area contributed by atoms with E-state index in [1.54, 1.807) is 14.2 Å². The number of methoxy groups -OCH3 is 2. The molecule has 0 aliphatic carbocycles. The minimum Gasteiger partial charge on any atom is -0.493 e. The van der Waals surface area contributed by atoms with Gasteiger partial charge in [-0.1, -0.05) is 37.3 Å². The number of hydrogen-bond donors (Lipinski definition) is 2. The van der Waals surface area contributed by atoms with Crippen LogP contribution in [0, 0.1) is 6.92 Å². The maximum atomic E-state index is 12.3. The van der Waals surface area contributed by atoms with Crippen molar-refractivity contribution >= 4 is 11.7 Å². The molecule has 5 nitrogen and oxygen atoms in total. The highest BCUT2D eigenvalue weighted by atomic mass is 16.5. The van der Waals surface area contributed by atoms with Crippen LogP contribution in [0.3, 0.4) is 0 Å². The third-order valence-corrected chi connectivity index (χ3v) is 3.90. The molecule has 2 aromatic rings. The lowest BCUT2D eigenvalue weighted by Gasteiger charge is -2.15. The summed E-state index contributed by atoms with van der Waals surface area (Å²) in [5.74, 6) is 1.27. The predicted molar refractivity (Wildman–Crippen MR) is 96.0 cm³/mol. The van der Waals surface area contributed by atoms with Crippen molar-refractivity contribution in [3.8, 4) is 11.5 Å². The third-order valence-electron chi connectivity index (χ3n) is 3.90. The number of nitrogens with one attached hydrogen (secondary N) is 2. The number of urea groups is 1. The van der Waals surface area contributed by atoms with E-state index in [1.807, 2.05) is 43.3 Å². The first-order valence-electron chi connectivity index (χ1n) is 7.93. The van der Waals surface area contributed by atoms with E-state index in [1.165, 1.54) is 0 Å². The van der Waals surface area contributed by atoms with Crippen LogP contribution in [0.5, 0.6) is 11.5 Å². The van der Waals surface area contributed by atoms with Gasteiger partial charge in [-0.25, -0.2) is 4.79 Å². The molecule has 2 rings (SSSR count). The maximum Gasteiger partial charge on any atom is 0.319 e. The van der Waals surface area contributed by atoms with Gasteiger partial charge in [-0.05, 0) is 30.5 Å². The first-order chi connectivity index (χ1) is 11.6. The number of ether oxygens (including phenoxy) is 2. The summed E-state index contributed by atoms with van der Waals surface area (Å²) >= 11 is 0. The minimum absolute atomic E-state index is 0.246. The molecular formula is C19H24N2O3. The Labute approximate surface area is 143 Å². The Morgan fingerprint density at radius 2 is 1.75 bits per heavy atom. The van der Waals surface area contributed by atoms with Gasteiger partial charge in [0.2, 0.25) is 0 Å². The van der Waals surface area contributed by atoms with Gasteiger partial charge in [0.15, 0.2) is 11.5 Å². The van der Waals surface area contributed by atoms with Crippen LogP contribution in [0.15, 0.2) is 36.4 Å². The number of aryl methyl sites for hydroxylation is 2. The topological polar surface area (TPSA) is 59.6 Å². The average Bonchev–Trinajstić information content (AvgIpc) is 2.61. The Kier molecular flexibility index (Phi) is 6.07. The highest BCUT2D eigenvalue weighted by Gasteiger charge is 2.12.